The van der Waals surface area contributed by atoms with E-state index in [-0.39, 0.29) is 5.69 Å². The second-order valence-corrected chi connectivity index (χ2v) is 8.67. The summed E-state index contributed by atoms with van der Waals surface area (Å²) in [6.45, 7) is 6.06. The van der Waals surface area contributed by atoms with E-state index in [1.807, 2.05) is 6.92 Å². The van der Waals surface area contributed by atoms with Crippen LogP contribution in [0.4, 0.5) is 11.5 Å². The van der Waals surface area contributed by atoms with E-state index in [4.69, 9.17) is 22.7 Å². The van der Waals surface area contributed by atoms with Gasteiger partial charge in [0, 0.05) is 27.3 Å². The lowest BCUT2D eigenvalue weighted by atomic mass is 9.85. The van der Waals surface area contributed by atoms with Crippen molar-refractivity contribution in [2.75, 3.05) is 24.7 Å². The van der Waals surface area contributed by atoms with Gasteiger partial charge in [-0.25, -0.2) is 9.79 Å². The van der Waals surface area contributed by atoms with Crippen molar-refractivity contribution in [2.24, 2.45) is 30.9 Å². The van der Waals surface area contributed by atoms with Crippen LogP contribution in [0.1, 0.15) is 39.5 Å². The minimum absolute atomic E-state index is 0.216. The fraction of sp³-hybridized carbons (Fsp3) is 0.722. The lowest BCUT2D eigenvalue weighted by molar-refractivity contribution is 0.0837. The number of hydrogen-bond donors (Lipinski definition) is 1. The Morgan fingerprint density at radius 3 is 2.81 bits per heavy atom. The summed E-state index contributed by atoms with van der Waals surface area (Å²) >= 11 is 6.95. The molecule has 6 nitrogen and oxygen atoms in total. The zero-order valence-corrected chi connectivity index (χ0v) is 17.8. The van der Waals surface area contributed by atoms with Gasteiger partial charge < -0.3 is 10.5 Å². The molecular formula is C18H30N4O2S2. The number of aromatic nitrogens is 2. The molecule has 0 amide bonds. The highest BCUT2D eigenvalue weighted by Crippen LogP contribution is 2.28. The molecule has 2 N–H and O–H groups in total. The SMILES string of the molecule is C/C(=N\c1c(N)c(=S)n(C)c(=O)n1C)SCCC1CCCOCCC1C. The number of ether oxygens (including phenoxy) is 1. The maximum absolute atomic E-state index is 12.2. The third-order valence-electron chi connectivity index (χ3n) is 5.12. The predicted molar refractivity (Wildman–Crippen MR) is 113 cm³/mol. The molecule has 8 heteroatoms. The molecule has 0 aromatic carbocycles. The average molecular weight is 399 g/mol. The molecule has 1 saturated heterocycles. The quantitative estimate of drug-likeness (QED) is 0.476. The summed E-state index contributed by atoms with van der Waals surface area (Å²) in [6, 6.07) is 0. The normalized spacial score (nSPS) is 22.1. The van der Waals surface area contributed by atoms with Crippen molar-refractivity contribution in [1.82, 2.24) is 9.13 Å². The highest BCUT2D eigenvalue weighted by molar-refractivity contribution is 8.13. The number of nitrogen functional groups attached to an aromatic ring is 1. The van der Waals surface area contributed by atoms with Crippen LogP contribution < -0.4 is 11.4 Å². The van der Waals surface area contributed by atoms with Gasteiger partial charge >= 0.3 is 5.69 Å². The van der Waals surface area contributed by atoms with E-state index in [2.05, 4.69) is 11.9 Å². The topological polar surface area (TPSA) is 74.5 Å². The molecule has 1 aromatic rings. The summed E-state index contributed by atoms with van der Waals surface area (Å²) in [4.78, 5) is 16.8. The van der Waals surface area contributed by atoms with Gasteiger partial charge in [-0.3, -0.25) is 9.13 Å². The van der Waals surface area contributed by atoms with Crippen LogP contribution in [0.5, 0.6) is 0 Å². The molecule has 1 fully saturated rings. The number of rotatable bonds is 4. The molecular weight excluding hydrogens is 368 g/mol. The Bertz CT molecular complexity index is 732. The Hall–Kier alpha value is -1.12. The molecule has 2 unspecified atom stereocenters. The molecule has 146 valence electrons. The van der Waals surface area contributed by atoms with Crippen molar-refractivity contribution in [2.45, 2.75) is 39.5 Å². The highest BCUT2D eigenvalue weighted by atomic mass is 32.2. The molecule has 0 saturated carbocycles. The van der Waals surface area contributed by atoms with Crippen LogP contribution in [0.3, 0.4) is 0 Å². The van der Waals surface area contributed by atoms with Gasteiger partial charge in [-0.2, -0.15) is 0 Å². The summed E-state index contributed by atoms with van der Waals surface area (Å²) < 4.78 is 8.72. The summed E-state index contributed by atoms with van der Waals surface area (Å²) in [6.07, 6.45) is 4.69. The number of thioether (sulfide) groups is 1. The Balaban J connectivity index is 2.03. The van der Waals surface area contributed by atoms with E-state index in [0.717, 1.165) is 42.8 Å². The van der Waals surface area contributed by atoms with Crippen molar-refractivity contribution in [3.05, 3.63) is 15.1 Å². The highest BCUT2D eigenvalue weighted by Gasteiger charge is 2.19. The monoisotopic (exact) mass is 398 g/mol. The molecule has 2 atom stereocenters. The average Bonchev–Trinajstić information content (AvgIpc) is 2.61. The molecule has 0 spiro atoms. The van der Waals surface area contributed by atoms with Crippen molar-refractivity contribution >= 4 is 40.5 Å². The van der Waals surface area contributed by atoms with Crippen LogP contribution in [0, 0.1) is 16.5 Å². The first kappa shape index (κ1) is 21.2. The second-order valence-electron chi connectivity index (χ2n) is 6.99. The Morgan fingerprint density at radius 2 is 2.08 bits per heavy atom. The van der Waals surface area contributed by atoms with E-state index >= 15 is 0 Å². The maximum atomic E-state index is 12.2. The zero-order valence-electron chi connectivity index (χ0n) is 16.2. The second kappa shape index (κ2) is 9.71. The number of nitrogens with two attached hydrogens (primary N) is 1. The van der Waals surface area contributed by atoms with Crippen LogP contribution >= 0.6 is 24.0 Å². The summed E-state index contributed by atoms with van der Waals surface area (Å²) in [7, 11) is 3.29. The van der Waals surface area contributed by atoms with E-state index in [9.17, 15) is 4.79 Å². The van der Waals surface area contributed by atoms with Gasteiger partial charge in [0.2, 0.25) is 0 Å². The lowest BCUT2D eigenvalue weighted by Crippen LogP contribution is -2.28. The third kappa shape index (κ3) is 5.20. The summed E-state index contributed by atoms with van der Waals surface area (Å²) in [5, 5.41) is 0.900. The van der Waals surface area contributed by atoms with Crippen molar-refractivity contribution in [1.29, 1.82) is 0 Å². The van der Waals surface area contributed by atoms with E-state index in [1.54, 1.807) is 25.9 Å². The largest absolute Gasteiger partial charge is 0.393 e. The number of nitrogens with zero attached hydrogens (tertiary/aromatic N) is 3. The van der Waals surface area contributed by atoms with Crippen LogP contribution in [0.25, 0.3) is 0 Å². The van der Waals surface area contributed by atoms with Gasteiger partial charge in [-0.15, -0.1) is 11.8 Å². The van der Waals surface area contributed by atoms with Crippen LogP contribution in [-0.2, 0) is 18.8 Å². The lowest BCUT2D eigenvalue weighted by Gasteiger charge is -2.26. The first-order valence-corrected chi connectivity index (χ1v) is 10.5. The molecule has 26 heavy (non-hydrogen) atoms. The van der Waals surface area contributed by atoms with Crippen molar-refractivity contribution < 1.29 is 4.74 Å². The first-order chi connectivity index (χ1) is 12.3. The van der Waals surface area contributed by atoms with Gasteiger partial charge in [0.1, 0.15) is 10.3 Å². The molecule has 1 aliphatic heterocycles. The van der Waals surface area contributed by atoms with Crippen molar-refractivity contribution in [3.63, 3.8) is 0 Å². The van der Waals surface area contributed by atoms with E-state index in [1.165, 1.54) is 22.0 Å². The molecule has 2 rings (SSSR count). The van der Waals surface area contributed by atoms with Gasteiger partial charge in [0.25, 0.3) is 0 Å². The van der Waals surface area contributed by atoms with Crippen LogP contribution in [0.2, 0.25) is 0 Å². The minimum Gasteiger partial charge on any atom is -0.393 e. The number of anilines is 1. The van der Waals surface area contributed by atoms with Gasteiger partial charge in [0.15, 0.2) is 5.82 Å². The smallest absolute Gasteiger partial charge is 0.330 e. The Labute approximate surface area is 164 Å². The third-order valence-corrected chi connectivity index (χ3v) is 6.56. The standard InChI is InChI=1S/C18H30N4O2S2/c1-12-7-10-24-9-5-6-14(12)8-11-26-13(2)20-16-15(19)17(25)22(4)18(23)21(16)3/h12,14H,5-11,19H2,1-4H3/b20-13+. The molecule has 2 heterocycles. The Morgan fingerprint density at radius 1 is 1.35 bits per heavy atom. The van der Waals surface area contributed by atoms with Crippen LogP contribution in [0.15, 0.2) is 9.79 Å². The maximum Gasteiger partial charge on any atom is 0.330 e. The zero-order chi connectivity index (χ0) is 19.3. The van der Waals surface area contributed by atoms with Gasteiger partial charge in [-0.1, -0.05) is 19.1 Å². The summed E-state index contributed by atoms with van der Waals surface area (Å²) in [5.74, 6) is 2.89. The van der Waals surface area contributed by atoms with Crippen LogP contribution in [-0.4, -0.2) is 33.1 Å². The fourth-order valence-corrected chi connectivity index (χ4v) is 4.34. The Kier molecular flexibility index (Phi) is 7.91. The molecule has 0 radical (unpaired) electrons. The molecule has 0 bridgehead atoms. The molecule has 1 aliphatic rings. The van der Waals surface area contributed by atoms with E-state index in [0.29, 0.717) is 22.1 Å². The molecule has 0 aliphatic carbocycles. The fourth-order valence-electron chi connectivity index (χ4n) is 3.30. The van der Waals surface area contributed by atoms with E-state index < -0.39 is 0 Å². The number of hydrogen-bond acceptors (Lipinski definition) is 6. The van der Waals surface area contributed by atoms with Crippen molar-refractivity contribution in [3.8, 4) is 0 Å². The van der Waals surface area contributed by atoms with Gasteiger partial charge in [-0.05, 0) is 50.2 Å². The summed E-state index contributed by atoms with van der Waals surface area (Å²) in [5.41, 5.74) is 6.24. The minimum atomic E-state index is -0.216. The molecule has 1 aromatic heterocycles. The van der Waals surface area contributed by atoms with Gasteiger partial charge in [0.05, 0.1) is 5.04 Å². The number of aliphatic imine (C=N–C) groups is 1. The predicted octanol–water partition coefficient (Wildman–Crippen LogP) is 3.66. The first-order valence-electron chi connectivity index (χ1n) is 9.14.